The molecule has 6 nitrogen and oxygen atoms in total. The number of rotatable bonds is 8. The van der Waals surface area contributed by atoms with Crippen LogP contribution >= 0.6 is 0 Å². The van der Waals surface area contributed by atoms with Crippen molar-refractivity contribution in [3.8, 4) is 0 Å². The number of hydrazone groups is 1. The zero-order valence-corrected chi connectivity index (χ0v) is 16.1. The van der Waals surface area contributed by atoms with Crippen molar-refractivity contribution in [3.63, 3.8) is 0 Å². The number of carbonyl (C=O) groups excluding carboxylic acids is 1. The van der Waals surface area contributed by atoms with Gasteiger partial charge in [0.05, 0.1) is 10.9 Å². The molecule has 27 heavy (non-hydrogen) atoms. The molecule has 0 radical (unpaired) electrons. The van der Waals surface area contributed by atoms with Crippen LogP contribution < -0.4 is 10.1 Å². The molecule has 142 valence electrons. The van der Waals surface area contributed by atoms with Crippen LogP contribution in [0.1, 0.15) is 30.5 Å². The molecular formula is C20H23N3O3S. The van der Waals surface area contributed by atoms with Gasteiger partial charge in [0.2, 0.25) is 15.9 Å². The first-order valence-corrected chi connectivity index (χ1v) is 9.98. The molecule has 0 heterocycles. The van der Waals surface area contributed by atoms with E-state index in [1.165, 1.54) is 6.21 Å². The third-order valence-corrected chi connectivity index (χ3v) is 5.25. The SMILES string of the molecule is C/C=C/C=N\NC(=O)C[C@@H](NS(=O)(=O)c1ccc(C)cc1)c1ccccc1. The van der Waals surface area contributed by atoms with Crippen LogP contribution in [0.4, 0.5) is 0 Å². The summed E-state index contributed by atoms with van der Waals surface area (Å²) in [6.45, 7) is 3.72. The molecule has 1 amide bonds. The topological polar surface area (TPSA) is 87.6 Å². The lowest BCUT2D eigenvalue weighted by molar-refractivity contribution is -0.121. The van der Waals surface area contributed by atoms with Crippen molar-refractivity contribution >= 4 is 22.1 Å². The predicted octanol–water partition coefficient (Wildman–Crippen LogP) is 3.08. The van der Waals surface area contributed by atoms with Gasteiger partial charge in [-0.15, -0.1) is 0 Å². The summed E-state index contributed by atoms with van der Waals surface area (Å²) in [5.74, 6) is -0.392. The number of nitrogens with zero attached hydrogens (tertiary/aromatic N) is 1. The van der Waals surface area contributed by atoms with Crippen molar-refractivity contribution in [2.45, 2.75) is 31.2 Å². The predicted molar refractivity (Wildman–Crippen MR) is 107 cm³/mol. The van der Waals surface area contributed by atoms with Crippen molar-refractivity contribution in [1.29, 1.82) is 0 Å². The number of hydrogen-bond acceptors (Lipinski definition) is 4. The molecule has 0 saturated heterocycles. The minimum absolute atomic E-state index is 0.0811. The smallest absolute Gasteiger partial charge is 0.242 e. The zero-order valence-electron chi connectivity index (χ0n) is 15.3. The fraction of sp³-hybridized carbons (Fsp3) is 0.200. The van der Waals surface area contributed by atoms with Crippen LogP contribution in [0, 0.1) is 6.92 Å². The molecule has 0 aliphatic rings. The maximum Gasteiger partial charge on any atom is 0.242 e. The van der Waals surface area contributed by atoms with Crippen LogP contribution in [-0.4, -0.2) is 20.5 Å². The minimum Gasteiger partial charge on any atom is -0.273 e. The molecule has 2 N–H and O–H groups in total. The van der Waals surface area contributed by atoms with Gasteiger partial charge in [0.1, 0.15) is 0 Å². The van der Waals surface area contributed by atoms with Gasteiger partial charge < -0.3 is 0 Å². The molecule has 0 unspecified atom stereocenters. The van der Waals surface area contributed by atoms with Gasteiger partial charge >= 0.3 is 0 Å². The molecule has 0 aliphatic heterocycles. The molecule has 0 aromatic heterocycles. The summed E-state index contributed by atoms with van der Waals surface area (Å²) in [5.41, 5.74) is 4.06. The summed E-state index contributed by atoms with van der Waals surface area (Å²) in [6.07, 6.45) is 4.82. The maximum absolute atomic E-state index is 12.7. The lowest BCUT2D eigenvalue weighted by Gasteiger charge is -2.18. The lowest BCUT2D eigenvalue weighted by Crippen LogP contribution is -2.32. The van der Waals surface area contributed by atoms with Crippen molar-refractivity contribution in [2.75, 3.05) is 0 Å². The summed E-state index contributed by atoms with van der Waals surface area (Å²) >= 11 is 0. The van der Waals surface area contributed by atoms with E-state index in [2.05, 4.69) is 15.2 Å². The van der Waals surface area contributed by atoms with E-state index >= 15 is 0 Å². The number of allylic oxidation sites excluding steroid dienone is 2. The molecule has 2 aromatic rings. The molecule has 0 aliphatic carbocycles. The van der Waals surface area contributed by atoms with E-state index in [0.29, 0.717) is 5.56 Å². The Morgan fingerprint density at radius 2 is 1.78 bits per heavy atom. The second kappa shape index (κ2) is 9.80. The molecule has 2 aromatic carbocycles. The summed E-state index contributed by atoms with van der Waals surface area (Å²) in [5, 5.41) is 3.78. The molecule has 0 saturated carbocycles. The average Bonchev–Trinajstić information content (AvgIpc) is 2.65. The third kappa shape index (κ3) is 6.47. The largest absolute Gasteiger partial charge is 0.273 e. The van der Waals surface area contributed by atoms with Crippen LogP contribution in [0.25, 0.3) is 0 Å². The normalized spacial score (nSPS) is 13.1. The zero-order chi connectivity index (χ0) is 19.7. The standard InChI is InChI=1S/C20H23N3O3S/c1-3-4-14-21-22-20(24)15-19(17-8-6-5-7-9-17)23-27(25,26)18-12-10-16(2)11-13-18/h3-14,19,23H,15H2,1-2H3,(H,22,24)/b4-3+,21-14-/t19-/m1/s1. The molecule has 0 fully saturated rings. The molecule has 0 spiro atoms. The maximum atomic E-state index is 12.7. The van der Waals surface area contributed by atoms with Crippen LogP contribution in [0.2, 0.25) is 0 Å². The van der Waals surface area contributed by atoms with Gasteiger partial charge in [-0.3, -0.25) is 4.79 Å². The highest BCUT2D eigenvalue weighted by atomic mass is 32.2. The monoisotopic (exact) mass is 385 g/mol. The number of aryl methyl sites for hydroxylation is 1. The van der Waals surface area contributed by atoms with Gasteiger partial charge in [-0.2, -0.15) is 5.10 Å². The average molecular weight is 385 g/mol. The van der Waals surface area contributed by atoms with Gasteiger partial charge in [0.15, 0.2) is 0 Å². The summed E-state index contributed by atoms with van der Waals surface area (Å²) in [6, 6.07) is 14.8. The molecule has 2 rings (SSSR count). The molecule has 7 heteroatoms. The van der Waals surface area contributed by atoms with Gasteiger partial charge in [0, 0.05) is 12.6 Å². The Morgan fingerprint density at radius 3 is 2.41 bits per heavy atom. The van der Waals surface area contributed by atoms with Gasteiger partial charge in [-0.25, -0.2) is 18.6 Å². The van der Waals surface area contributed by atoms with Gasteiger partial charge in [0.25, 0.3) is 0 Å². The van der Waals surface area contributed by atoms with Crippen LogP contribution in [0.3, 0.4) is 0 Å². The van der Waals surface area contributed by atoms with Crippen molar-refractivity contribution < 1.29 is 13.2 Å². The number of carbonyl (C=O) groups is 1. The summed E-state index contributed by atoms with van der Waals surface area (Å²) in [4.78, 5) is 12.3. The van der Waals surface area contributed by atoms with Crippen molar-refractivity contribution in [3.05, 3.63) is 77.9 Å². The van der Waals surface area contributed by atoms with E-state index in [4.69, 9.17) is 0 Å². The summed E-state index contributed by atoms with van der Waals surface area (Å²) in [7, 11) is -3.78. The van der Waals surface area contributed by atoms with Gasteiger partial charge in [-0.05, 0) is 37.6 Å². The van der Waals surface area contributed by atoms with Crippen LogP contribution in [0.5, 0.6) is 0 Å². The van der Waals surface area contributed by atoms with E-state index in [9.17, 15) is 13.2 Å². The summed E-state index contributed by atoms with van der Waals surface area (Å²) < 4.78 is 28.1. The quantitative estimate of drug-likeness (QED) is 0.541. The van der Waals surface area contributed by atoms with Crippen molar-refractivity contribution in [1.82, 2.24) is 10.1 Å². The number of amides is 1. The third-order valence-electron chi connectivity index (χ3n) is 3.76. The lowest BCUT2D eigenvalue weighted by atomic mass is 10.0. The Bertz CT molecular complexity index is 905. The van der Waals surface area contributed by atoms with Crippen LogP contribution in [-0.2, 0) is 14.8 Å². The first kappa shape index (κ1) is 20.5. The number of nitrogens with one attached hydrogen (secondary N) is 2. The Labute approximate surface area is 160 Å². The van der Waals surface area contributed by atoms with E-state index in [1.807, 2.05) is 19.9 Å². The Balaban J connectivity index is 2.20. The van der Waals surface area contributed by atoms with Gasteiger partial charge in [-0.1, -0.05) is 54.1 Å². The molecule has 0 bridgehead atoms. The Hall–Kier alpha value is -2.77. The highest BCUT2D eigenvalue weighted by Crippen LogP contribution is 2.20. The van der Waals surface area contributed by atoms with Crippen LogP contribution in [0.15, 0.2) is 76.7 Å². The fourth-order valence-electron chi connectivity index (χ4n) is 2.36. The first-order valence-electron chi connectivity index (χ1n) is 8.49. The Kier molecular flexibility index (Phi) is 7.45. The highest BCUT2D eigenvalue weighted by molar-refractivity contribution is 7.89. The van der Waals surface area contributed by atoms with E-state index in [1.54, 1.807) is 60.7 Å². The fourth-order valence-corrected chi connectivity index (χ4v) is 3.58. The number of sulfonamides is 1. The second-order valence-corrected chi connectivity index (χ2v) is 7.65. The van der Waals surface area contributed by atoms with E-state index in [-0.39, 0.29) is 11.3 Å². The highest BCUT2D eigenvalue weighted by Gasteiger charge is 2.23. The Morgan fingerprint density at radius 1 is 1.11 bits per heavy atom. The number of benzene rings is 2. The molecular weight excluding hydrogens is 362 g/mol. The first-order chi connectivity index (χ1) is 12.9. The second-order valence-electron chi connectivity index (χ2n) is 5.94. The van der Waals surface area contributed by atoms with Crippen molar-refractivity contribution in [2.24, 2.45) is 5.10 Å². The molecule has 1 atom stereocenters. The van der Waals surface area contributed by atoms with E-state index < -0.39 is 22.0 Å². The van der Waals surface area contributed by atoms with E-state index in [0.717, 1.165) is 5.56 Å². The number of hydrogen-bond donors (Lipinski definition) is 2. The minimum atomic E-state index is -3.78.